The van der Waals surface area contributed by atoms with Crippen molar-refractivity contribution in [1.29, 1.82) is 0 Å². The molecule has 61 heavy (non-hydrogen) atoms. The van der Waals surface area contributed by atoms with Crippen LogP contribution in [-0.2, 0) is 21.7 Å². The largest absolute Gasteiger partial charge is 0.310 e. The minimum absolute atomic E-state index is 0.0886. The zero-order valence-electron chi connectivity index (χ0n) is 36.7. The fourth-order valence-electron chi connectivity index (χ4n) is 11.6. The number of para-hydroxylation sites is 2. The Kier molecular flexibility index (Phi) is 7.86. The number of fused-ring (bicyclic) bond motifs is 10. The van der Waals surface area contributed by atoms with E-state index in [0.717, 1.165) is 0 Å². The van der Waals surface area contributed by atoms with Crippen LogP contribution in [0.15, 0.2) is 127 Å². The van der Waals surface area contributed by atoms with Crippen LogP contribution >= 0.6 is 22.7 Å². The number of anilines is 6. The van der Waals surface area contributed by atoms with Gasteiger partial charge in [0.05, 0.1) is 11.4 Å². The minimum Gasteiger partial charge on any atom is -0.310 e. The van der Waals surface area contributed by atoms with Crippen molar-refractivity contribution in [1.82, 2.24) is 0 Å². The second-order valence-corrected chi connectivity index (χ2v) is 23.2. The normalized spacial score (nSPS) is 18.7. The minimum atomic E-state index is 0.0886. The molecule has 6 aromatic carbocycles. The van der Waals surface area contributed by atoms with Crippen LogP contribution in [0.4, 0.5) is 34.1 Å². The number of benzene rings is 6. The van der Waals surface area contributed by atoms with E-state index >= 15 is 0 Å². The Morgan fingerprint density at radius 2 is 0.787 bits per heavy atom. The SMILES string of the molecule is CC1(C)CCC(C)(C)c2cc3c4c(sc3cc21)B1c2sc3cc5c(cc3c2N(c2ccccc2)c2cc(-c3ccccc3)cc(c21)N4c1ccccc1)C(C)(C)CCC5(C)C. The molecule has 4 heterocycles. The molecule has 0 N–H and O–H groups in total. The molecule has 2 aliphatic carbocycles. The molecule has 5 heteroatoms. The maximum Gasteiger partial charge on any atom is 0.277 e. The summed E-state index contributed by atoms with van der Waals surface area (Å²) in [6, 6.07) is 49.0. The van der Waals surface area contributed by atoms with E-state index in [1.54, 1.807) is 0 Å². The van der Waals surface area contributed by atoms with Crippen LogP contribution in [-0.4, -0.2) is 6.71 Å². The highest BCUT2D eigenvalue weighted by atomic mass is 32.1. The maximum absolute atomic E-state index is 2.65. The van der Waals surface area contributed by atoms with Crippen molar-refractivity contribution in [2.45, 2.75) is 103 Å². The molecular formula is C56H53BN2S2. The van der Waals surface area contributed by atoms with Crippen molar-refractivity contribution in [2.24, 2.45) is 0 Å². The summed E-state index contributed by atoms with van der Waals surface area (Å²) in [4.78, 5) is 5.29. The van der Waals surface area contributed by atoms with E-state index in [2.05, 4.69) is 215 Å². The second kappa shape index (κ2) is 12.7. The van der Waals surface area contributed by atoms with E-state index in [0.29, 0.717) is 0 Å². The maximum atomic E-state index is 2.65. The molecule has 0 saturated heterocycles. The summed E-state index contributed by atoms with van der Waals surface area (Å²) in [7, 11) is 0. The summed E-state index contributed by atoms with van der Waals surface area (Å²) in [6.07, 6.45) is 4.80. The van der Waals surface area contributed by atoms with Gasteiger partial charge in [-0.15, -0.1) is 22.7 Å². The van der Waals surface area contributed by atoms with Gasteiger partial charge in [0.2, 0.25) is 0 Å². The summed E-state index contributed by atoms with van der Waals surface area (Å²) in [6.45, 7) is 19.8. The van der Waals surface area contributed by atoms with E-state index in [1.165, 1.54) is 128 Å². The molecule has 4 aliphatic rings. The van der Waals surface area contributed by atoms with Gasteiger partial charge in [0.15, 0.2) is 0 Å². The van der Waals surface area contributed by atoms with Gasteiger partial charge < -0.3 is 9.80 Å². The van der Waals surface area contributed by atoms with Gasteiger partial charge in [-0.1, -0.05) is 122 Å². The Labute approximate surface area is 370 Å². The molecule has 0 unspecified atom stereocenters. The van der Waals surface area contributed by atoms with Gasteiger partial charge in [-0.2, -0.15) is 0 Å². The molecule has 12 rings (SSSR count). The fraction of sp³-hybridized carbons (Fsp3) is 0.286. The zero-order valence-corrected chi connectivity index (χ0v) is 38.4. The number of hydrogen-bond acceptors (Lipinski definition) is 4. The van der Waals surface area contributed by atoms with Crippen molar-refractivity contribution >= 4 is 98.7 Å². The van der Waals surface area contributed by atoms with Crippen molar-refractivity contribution < 1.29 is 0 Å². The molecule has 2 aliphatic heterocycles. The average Bonchev–Trinajstić information content (AvgIpc) is 3.82. The van der Waals surface area contributed by atoms with E-state index in [9.17, 15) is 0 Å². The summed E-state index contributed by atoms with van der Waals surface area (Å²) in [5.74, 6) is 0. The summed E-state index contributed by atoms with van der Waals surface area (Å²) < 4.78 is 5.73. The van der Waals surface area contributed by atoms with Crippen LogP contribution in [0.2, 0.25) is 0 Å². The Hall–Kier alpha value is -5.10. The van der Waals surface area contributed by atoms with Crippen LogP contribution in [0.3, 0.4) is 0 Å². The molecule has 302 valence electrons. The first-order chi connectivity index (χ1) is 29.2. The predicted molar refractivity (Wildman–Crippen MR) is 267 cm³/mol. The Morgan fingerprint density at radius 3 is 1.18 bits per heavy atom. The van der Waals surface area contributed by atoms with E-state index in [-0.39, 0.29) is 28.4 Å². The van der Waals surface area contributed by atoms with E-state index in [1.807, 2.05) is 0 Å². The van der Waals surface area contributed by atoms with Crippen LogP contribution in [0.5, 0.6) is 0 Å². The standard InChI is InChI=1S/C56H53BN2S2/c1-53(2)24-26-55(5,6)42-32-46-38(30-40(42)53)49-51(60-46)57-48-44(58(49)36-20-14-10-15-21-36)28-35(34-18-12-9-13-19-34)29-45(48)59(37-22-16-11-17-23-37)50-39-31-41-43(33-47(39)61-52(50)57)56(7,8)27-25-54(41,3)4/h9-23,28-33H,24-27H2,1-8H3. The van der Waals surface area contributed by atoms with Gasteiger partial charge in [0.25, 0.3) is 6.71 Å². The lowest BCUT2D eigenvalue weighted by Crippen LogP contribution is -2.59. The molecule has 0 bridgehead atoms. The topological polar surface area (TPSA) is 6.48 Å². The third-order valence-corrected chi connectivity index (χ3v) is 17.8. The summed E-state index contributed by atoms with van der Waals surface area (Å²) in [5, 5.41) is 2.77. The first-order valence-electron chi connectivity index (χ1n) is 22.4. The van der Waals surface area contributed by atoms with E-state index in [4.69, 9.17) is 0 Å². The van der Waals surface area contributed by atoms with Crippen molar-refractivity contribution in [3.05, 3.63) is 150 Å². The van der Waals surface area contributed by atoms with Gasteiger partial charge in [0, 0.05) is 52.5 Å². The Morgan fingerprint density at radius 1 is 0.426 bits per heavy atom. The molecule has 0 fully saturated rings. The third-order valence-electron chi connectivity index (χ3n) is 15.3. The van der Waals surface area contributed by atoms with Crippen molar-refractivity contribution in [2.75, 3.05) is 9.80 Å². The fourth-order valence-corrected chi connectivity index (χ4v) is 14.3. The van der Waals surface area contributed by atoms with E-state index < -0.39 is 0 Å². The van der Waals surface area contributed by atoms with Gasteiger partial charge in [-0.05, 0) is 147 Å². The highest BCUT2D eigenvalue weighted by Gasteiger charge is 2.49. The molecule has 0 atom stereocenters. The average molecular weight is 829 g/mol. The van der Waals surface area contributed by atoms with Crippen LogP contribution in [0, 0.1) is 0 Å². The molecule has 0 saturated carbocycles. The van der Waals surface area contributed by atoms with Gasteiger partial charge in [0.1, 0.15) is 0 Å². The first-order valence-corrected chi connectivity index (χ1v) is 24.0. The van der Waals surface area contributed by atoms with Crippen LogP contribution < -0.4 is 24.8 Å². The molecule has 2 nitrogen and oxygen atoms in total. The van der Waals surface area contributed by atoms with Crippen molar-refractivity contribution in [3.63, 3.8) is 0 Å². The number of thiophene rings is 2. The van der Waals surface area contributed by atoms with Gasteiger partial charge in [-0.3, -0.25) is 0 Å². The van der Waals surface area contributed by atoms with Gasteiger partial charge in [-0.25, -0.2) is 0 Å². The Balaban J connectivity index is 1.25. The van der Waals surface area contributed by atoms with Gasteiger partial charge >= 0.3 is 0 Å². The van der Waals surface area contributed by atoms with Crippen LogP contribution in [0.1, 0.15) is 103 Å². The lowest BCUT2D eigenvalue weighted by molar-refractivity contribution is 0.332. The molecule has 2 aromatic heterocycles. The monoisotopic (exact) mass is 828 g/mol. The lowest BCUT2D eigenvalue weighted by atomic mass is 9.39. The molecule has 8 aromatic rings. The first kappa shape index (κ1) is 37.6. The van der Waals surface area contributed by atoms with Crippen LogP contribution in [0.25, 0.3) is 31.3 Å². The molecule has 0 radical (unpaired) electrons. The third kappa shape index (κ3) is 5.39. The molecular weight excluding hydrogens is 776 g/mol. The second-order valence-electron chi connectivity index (χ2n) is 21.0. The number of nitrogens with zero attached hydrogens (tertiary/aromatic N) is 2. The summed E-state index contributed by atoms with van der Waals surface area (Å²) in [5.41, 5.74) is 18.1. The zero-order chi connectivity index (χ0) is 41.8. The molecule has 0 amide bonds. The van der Waals surface area contributed by atoms with Crippen molar-refractivity contribution in [3.8, 4) is 11.1 Å². The Bertz CT molecular complexity index is 2910. The molecule has 0 spiro atoms. The smallest absolute Gasteiger partial charge is 0.277 e. The highest BCUT2D eigenvalue weighted by molar-refractivity contribution is 7.40. The quantitative estimate of drug-likeness (QED) is 0.164. The predicted octanol–water partition coefficient (Wildman–Crippen LogP) is 14.6. The number of rotatable bonds is 3. The summed E-state index contributed by atoms with van der Waals surface area (Å²) >= 11 is 4.11. The lowest BCUT2D eigenvalue weighted by Gasteiger charge is -2.43. The number of hydrogen-bond donors (Lipinski definition) is 0. The highest BCUT2D eigenvalue weighted by Crippen LogP contribution is 2.55.